The zero-order valence-corrected chi connectivity index (χ0v) is 19.2. The number of amides is 1. The maximum atomic E-state index is 11.7. The first-order valence-corrected chi connectivity index (χ1v) is 11.8. The van der Waals surface area contributed by atoms with Gasteiger partial charge in [0.2, 0.25) is 4.80 Å². The summed E-state index contributed by atoms with van der Waals surface area (Å²) < 4.78 is 12.8. The van der Waals surface area contributed by atoms with Crippen molar-refractivity contribution in [2.75, 3.05) is 49.7 Å². The van der Waals surface area contributed by atoms with E-state index in [0.29, 0.717) is 18.0 Å². The molecule has 0 aliphatic carbocycles. The van der Waals surface area contributed by atoms with E-state index in [1.165, 1.54) is 17.0 Å². The Kier molecular flexibility index (Phi) is 6.23. The first-order chi connectivity index (χ1) is 16.2. The molecular formula is C24H25N5O3S. The summed E-state index contributed by atoms with van der Waals surface area (Å²) >= 11 is 1.54. The second-order valence-corrected chi connectivity index (χ2v) is 8.51. The minimum Gasteiger partial charge on any atom is -0.482 e. The number of nitrogens with one attached hydrogen (secondary N) is 1. The van der Waals surface area contributed by atoms with E-state index in [9.17, 15) is 4.79 Å². The molecule has 0 spiro atoms. The van der Waals surface area contributed by atoms with Gasteiger partial charge >= 0.3 is 0 Å². The van der Waals surface area contributed by atoms with E-state index in [0.717, 1.165) is 47.9 Å². The zero-order valence-electron chi connectivity index (χ0n) is 18.4. The van der Waals surface area contributed by atoms with Gasteiger partial charge in [0.1, 0.15) is 5.75 Å². The van der Waals surface area contributed by atoms with Gasteiger partial charge < -0.3 is 19.7 Å². The Hall–Kier alpha value is -3.43. The van der Waals surface area contributed by atoms with Crippen LogP contribution in [0.4, 0.5) is 11.4 Å². The largest absolute Gasteiger partial charge is 0.482 e. The molecule has 1 fully saturated rings. The number of rotatable bonds is 5. The van der Waals surface area contributed by atoms with E-state index in [-0.39, 0.29) is 12.5 Å². The highest BCUT2D eigenvalue weighted by molar-refractivity contribution is 7.07. The van der Waals surface area contributed by atoms with Gasteiger partial charge in [0.05, 0.1) is 30.8 Å². The summed E-state index contributed by atoms with van der Waals surface area (Å²) in [5.41, 5.74) is 4.69. The lowest BCUT2D eigenvalue weighted by Crippen LogP contribution is -2.36. The van der Waals surface area contributed by atoms with Crippen molar-refractivity contribution in [3.8, 4) is 17.0 Å². The number of carbonyl (C=O) groups is 1. The summed E-state index contributed by atoms with van der Waals surface area (Å²) in [6.45, 7) is 6.07. The number of fused-ring (bicyclic) bond motifs is 1. The van der Waals surface area contributed by atoms with Crippen molar-refractivity contribution < 1.29 is 14.3 Å². The van der Waals surface area contributed by atoms with E-state index >= 15 is 0 Å². The zero-order chi connectivity index (χ0) is 22.6. The van der Waals surface area contributed by atoms with Crippen LogP contribution < -0.4 is 19.8 Å². The highest BCUT2D eigenvalue weighted by atomic mass is 32.1. The molecule has 1 amide bonds. The Morgan fingerprint density at radius 1 is 1.15 bits per heavy atom. The lowest BCUT2D eigenvalue weighted by Gasteiger charge is -2.28. The summed E-state index contributed by atoms with van der Waals surface area (Å²) in [4.78, 5) is 19.5. The second-order valence-electron chi connectivity index (χ2n) is 7.67. The van der Waals surface area contributed by atoms with Crippen LogP contribution in [0.25, 0.3) is 11.3 Å². The van der Waals surface area contributed by atoms with Crippen LogP contribution in [-0.4, -0.2) is 56.3 Å². The van der Waals surface area contributed by atoms with Gasteiger partial charge in [-0.2, -0.15) is 5.10 Å². The molecule has 9 heteroatoms. The molecule has 2 aromatic carbocycles. The lowest BCUT2D eigenvalue weighted by atomic mass is 10.1. The van der Waals surface area contributed by atoms with Crippen LogP contribution in [-0.2, 0) is 9.53 Å². The van der Waals surface area contributed by atoms with Gasteiger partial charge in [-0.1, -0.05) is 12.1 Å². The molecule has 0 bridgehead atoms. The number of hydrogen-bond donors (Lipinski definition) is 1. The predicted octanol–water partition coefficient (Wildman–Crippen LogP) is 3.19. The van der Waals surface area contributed by atoms with Crippen LogP contribution in [0.15, 0.2) is 57.9 Å². The molecule has 0 atom stereocenters. The molecule has 33 heavy (non-hydrogen) atoms. The maximum Gasteiger partial charge on any atom is 0.262 e. The fourth-order valence-electron chi connectivity index (χ4n) is 3.81. The quantitative estimate of drug-likeness (QED) is 0.590. The topological polar surface area (TPSA) is 80.4 Å². The van der Waals surface area contributed by atoms with Gasteiger partial charge in [-0.25, -0.2) is 4.68 Å². The van der Waals surface area contributed by atoms with Crippen LogP contribution in [0, 0.1) is 0 Å². The third-order valence-electron chi connectivity index (χ3n) is 5.48. The van der Waals surface area contributed by atoms with Gasteiger partial charge in [0, 0.05) is 36.3 Å². The number of morpholine rings is 1. The average molecular weight is 464 g/mol. The number of hydrogen-bond acceptors (Lipinski definition) is 7. The molecule has 1 saturated heterocycles. The Morgan fingerprint density at radius 3 is 2.76 bits per heavy atom. The number of benzene rings is 2. The van der Waals surface area contributed by atoms with Gasteiger partial charge in [-0.05, 0) is 42.8 Å². The Morgan fingerprint density at radius 2 is 1.97 bits per heavy atom. The van der Waals surface area contributed by atoms with Crippen molar-refractivity contribution in [3.05, 3.63) is 58.2 Å². The van der Waals surface area contributed by atoms with Gasteiger partial charge in [-0.3, -0.25) is 9.79 Å². The molecule has 170 valence electrons. The molecule has 0 radical (unpaired) electrons. The van der Waals surface area contributed by atoms with E-state index < -0.39 is 0 Å². The first kappa shape index (κ1) is 21.4. The molecule has 1 aromatic heterocycles. The second kappa shape index (κ2) is 9.60. The summed E-state index contributed by atoms with van der Waals surface area (Å²) in [5.74, 6) is 0.514. The molecular weight excluding hydrogens is 438 g/mol. The average Bonchev–Trinajstić information content (AvgIpc) is 3.26. The highest BCUT2D eigenvalue weighted by Crippen LogP contribution is 2.32. The lowest BCUT2D eigenvalue weighted by molar-refractivity contribution is -0.118. The molecule has 2 aliphatic heterocycles. The third-order valence-corrected chi connectivity index (χ3v) is 6.33. The minimum absolute atomic E-state index is 0.0406. The number of nitrogens with zero attached hydrogens (tertiary/aromatic N) is 4. The molecule has 1 N–H and O–H groups in total. The van der Waals surface area contributed by atoms with E-state index in [4.69, 9.17) is 14.6 Å². The van der Waals surface area contributed by atoms with E-state index in [1.807, 2.05) is 41.4 Å². The van der Waals surface area contributed by atoms with Crippen LogP contribution in [0.2, 0.25) is 0 Å². The standard InChI is InChI=1S/C24H25N5O3S/c1-2-25-24-29(26-14-17-3-6-19(7-4-17)28-9-11-31-12-10-28)21(16-33-24)18-5-8-22-20(13-18)27-23(30)15-32-22/h3-8,13-14,16H,2,9-12,15H2,1H3,(H,27,30). The van der Waals surface area contributed by atoms with Crippen LogP contribution in [0.1, 0.15) is 12.5 Å². The summed E-state index contributed by atoms with van der Waals surface area (Å²) in [7, 11) is 0. The SMILES string of the molecule is CCN=c1scc(-c2ccc3c(c2)NC(=O)CO3)n1N=Cc1ccc(N2CCOCC2)cc1. The smallest absolute Gasteiger partial charge is 0.262 e. The molecule has 0 saturated carbocycles. The fourth-order valence-corrected chi connectivity index (χ4v) is 4.71. The number of ether oxygens (including phenoxy) is 2. The van der Waals surface area contributed by atoms with Gasteiger partial charge in [0.25, 0.3) is 5.91 Å². The summed E-state index contributed by atoms with van der Waals surface area (Å²) in [5, 5.41) is 9.65. The molecule has 5 rings (SSSR count). The minimum atomic E-state index is -0.155. The van der Waals surface area contributed by atoms with Gasteiger partial charge in [0.15, 0.2) is 6.61 Å². The number of carbonyl (C=O) groups excluding carboxylic acids is 1. The normalized spacial score (nSPS) is 16.6. The molecule has 3 heterocycles. The highest BCUT2D eigenvalue weighted by Gasteiger charge is 2.18. The van der Waals surface area contributed by atoms with Crippen molar-refractivity contribution in [3.63, 3.8) is 0 Å². The molecule has 8 nitrogen and oxygen atoms in total. The van der Waals surface area contributed by atoms with Crippen LogP contribution in [0.3, 0.4) is 0 Å². The van der Waals surface area contributed by atoms with Crippen molar-refractivity contribution in [2.24, 2.45) is 10.1 Å². The molecule has 3 aromatic rings. The van der Waals surface area contributed by atoms with Crippen molar-refractivity contribution in [2.45, 2.75) is 6.92 Å². The molecule has 0 unspecified atom stereocenters. The fraction of sp³-hybridized carbons (Fsp3) is 0.292. The summed E-state index contributed by atoms with van der Waals surface area (Å²) in [6, 6.07) is 14.1. The van der Waals surface area contributed by atoms with Crippen LogP contribution >= 0.6 is 11.3 Å². The number of thiazole rings is 1. The number of aromatic nitrogens is 1. The third kappa shape index (κ3) is 4.69. The monoisotopic (exact) mass is 463 g/mol. The van der Waals surface area contributed by atoms with Crippen molar-refractivity contribution >= 4 is 34.8 Å². The van der Waals surface area contributed by atoms with Gasteiger partial charge in [-0.15, -0.1) is 11.3 Å². The van der Waals surface area contributed by atoms with E-state index in [1.54, 1.807) is 0 Å². The first-order valence-electron chi connectivity index (χ1n) is 11.0. The van der Waals surface area contributed by atoms with Crippen LogP contribution in [0.5, 0.6) is 5.75 Å². The molecule has 2 aliphatic rings. The number of anilines is 2. The van der Waals surface area contributed by atoms with Crippen molar-refractivity contribution in [1.82, 2.24) is 4.68 Å². The Balaban J connectivity index is 1.44. The Labute approximate surface area is 195 Å². The summed E-state index contributed by atoms with van der Waals surface area (Å²) in [6.07, 6.45) is 1.84. The maximum absolute atomic E-state index is 11.7. The van der Waals surface area contributed by atoms with E-state index in [2.05, 4.69) is 39.5 Å². The predicted molar refractivity (Wildman–Crippen MR) is 130 cm³/mol. The Bertz CT molecular complexity index is 1240. The van der Waals surface area contributed by atoms with Crippen molar-refractivity contribution in [1.29, 1.82) is 0 Å².